The van der Waals surface area contributed by atoms with E-state index in [0.717, 1.165) is 17.1 Å². The van der Waals surface area contributed by atoms with Gasteiger partial charge in [-0.25, -0.2) is 0 Å². The molecule has 2 aromatic carbocycles. The van der Waals surface area contributed by atoms with E-state index in [1.54, 1.807) is 24.3 Å². The summed E-state index contributed by atoms with van der Waals surface area (Å²) in [6.45, 7) is 1.03. The predicted molar refractivity (Wildman–Crippen MR) is 79.4 cm³/mol. The van der Waals surface area contributed by atoms with Crippen molar-refractivity contribution in [2.75, 3.05) is 19.8 Å². The molecule has 1 N–H and O–H groups in total. The summed E-state index contributed by atoms with van der Waals surface area (Å²) in [5.74, 6) is 1.50. The maximum absolute atomic E-state index is 8.84. The van der Waals surface area contributed by atoms with Crippen LogP contribution in [-0.2, 0) is 6.42 Å². The highest BCUT2D eigenvalue weighted by molar-refractivity contribution is 5.34. The van der Waals surface area contributed by atoms with Gasteiger partial charge in [0.25, 0.3) is 0 Å². The van der Waals surface area contributed by atoms with Gasteiger partial charge in [0.05, 0.1) is 11.6 Å². The zero-order valence-electron chi connectivity index (χ0n) is 11.7. The van der Waals surface area contributed by atoms with E-state index in [4.69, 9.17) is 19.8 Å². The molecule has 0 spiro atoms. The number of aliphatic hydroxyl groups is 1. The van der Waals surface area contributed by atoms with Crippen LogP contribution in [0.25, 0.3) is 0 Å². The molecule has 0 heterocycles. The minimum atomic E-state index is 0.151. The number of nitrogens with zero attached hydrogens (tertiary/aromatic N) is 1. The Morgan fingerprint density at radius 1 is 0.857 bits per heavy atom. The fourth-order valence-electron chi connectivity index (χ4n) is 1.83. The molecule has 0 aliphatic heterocycles. The molecule has 0 bridgehead atoms. The van der Waals surface area contributed by atoms with Crippen LogP contribution in [0.4, 0.5) is 0 Å². The Morgan fingerprint density at radius 3 is 1.86 bits per heavy atom. The third-order valence-electron chi connectivity index (χ3n) is 2.93. The van der Waals surface area contributed by atoms with Crippen molar-refractivity contribution >= 4 is 0 Å². The van der Waals surface area contributed by atoms with Gasteiger partial charge in [-0.3, -0.25) is 0 Å². The van der Waals surface area contributed by atoms with Crippen molar-refractivity contribution in [1.29, 1.82) is 5.26 Å². The van der Waals surface area contributed by atoms with Gasteiger partial charge < -0.3 is 14.6 Å². The van der Waals surface area contributed by atoms with E-state index in [9.17, 15) is 0 Å². The van der Waals surface area contributed by atoms with E-state index in [-0.39, 0.29) is 6.61 Å². The Kier molecular flexibility index (Phi) is 5.62. The molecule has 0 unspecified atom stereocenters. The largest absolute Gasteiger partial charge is 0.490 e. The molecule has 0 aliphatic rings. The van der Waals surface area contributed by atoms with E-state index in [1.807, 2.05) is 24.3 Å². The lowest BCUT2D eigenvalue weighted by Crippen LogP contribution is -2.09. The van der Waals surface area contributed by atoms with Crippen molar-refractivity contribution in [3.8, 4) is 17.6 Å². The van der Waals surface area contributed by atoms with Gasteiger partial charge in [0.1, 0.15) is 24.7 Å². The van der Waals surface area contributed by atoms with Crippen LogP contribution in [0, 0.1) is 11.3 Å². The summed E-state index contributed by atoms with van der Waals surface area (Å²) in [5, 5.41) is 17.5. The molecule has 0 aliphatic carbocycles. The van der Waals surface area contributed by atoms with Crippen LogP contribution in [0.1, 0.15) is 11.1 Å². The fourth-order valence-corrected chi connectivity index (χ4v) is 1.83. The van der Waals surface area contributed by atoms with Crippen LogP contribution in [0.5, 0.6) is 11.5 Å². The summed E-state index contributed by atoms with van der Waals surface area (Å²) in [5.41, 5.74) is 1.69. The fraction of sp³-hybridized carbons (Fsp3) is 0.235. The van der Waals surface area contributed by atoms with E-state index >= 15 is 0 Å². The van der Waals surface area contributed by atoms with Crippen molar-refractivity contribution in [1.82, 2.24) is 0 Å². The van der Waals surface area contributed by atoms with Crippen LogP contribution in [-0.4, -0.2) is 24.9 Å². The first-order valence-corrected chi connectivity index (χ1v) is 6.77. The highest BCUT2D eigenvalue weighted by Crippen LogP contribution is 2.14. The normalized spacial score (nSPS) is 9.90. The molecule has 0 radical (unpaired) electrons. The smallest absolute Gasteiger partial charge is 0.122 e. The monoisotopic (exact) mass is 283 g/mol. The quantitative estimate of drug-likeness (QED) is 0.793. The average Bonchev–Trinajstić information content (AvgIpc) is 2.54. The molecule has 2 rings (SSSR count). The minimum absolute atomic E-state index is 0.151. The van der Waals surface area contributed by atoms with Crippen molar-refractivity contribution in [3.63, 3.8) is 0 Å². The Balaban J connectivity index is 1.72. The lowest BCUT2D eigenvalue weighted by atomic mass is 10.1. The third-order valence-corrected chi connectivity index (χ3v) is 2.93. The summed E-state index contributed by atoms with van der Waals surface area (Å²) in [7, 11) is 0. The number of hydrogen-bond acceptors (Lipinski definition) is 4. The first-order chi connectivity index (χ1) is 10.3. The zero-order valence-corrected chi connectivity index (χ0v) is 11.7. The van der Waals surface area contributed by atoms with Gasteiger partial charge in [0, 0.05) is 6.61 Å². The van der Waals surface area contributed by atoms with Gasteiger partial charge in [-0.1, -0.05) is 12.1 Å². The summed E-state index contributed by atoms with van der Waals surface area (Å²) in [6.07, 6.45) is 0.655. The maximum atomic E-state index is 8.84. The Hall–Kier alpha value is -2.51. The number of nitriles is 1. The van der Waals surface area contributed by atoms with Crippen molar-refractivity contribution < 1.29 is 14.6 Å². The van der Waals surface area contributed by atoms with Crippen molar-refractivity contribution in [2.24, 2.45) is 0 Å². The molecular weight excluding hydrogens is 266 g/mol. The molecule has 2 aromatic rings. The van der Waals surface area contributed by atoms with E-state index in [1.165, 1.54) is 0 Å². The molecule has 21 heavy (non-hydrogen) atoms. The third kappa shape index (κ3) is 4.83. The second-order valence-electron chi connectivity index (χ2n) is 4.45. The van der Waals surface area contributed by atoms with Crippen LogP contribution in [0.15, 0.2) is 48.5 Å². The highest BCUT2D eigenvalue weighted by Gasteiger charge is 1.97. The van der Waals surface area contributed by atoms with Crippen LogP contribution >= 0.6 is 0 Å². The molecule has 0 saturated carbocycles. The van der Waals surface area contributed by atoms with Gasteiger partial charge in [-0.2, -0.15) is 5.26 Å². The number of benzene rings is 2. The van der Waals surface area contributed by atoms with E-state index in [2.05, 4.69) is 6.07 Å². The molecule has 108 valence electrons. The van der Waals surface area contributed by atoms with Crippen molar-refractivity contribution in [2.45, 2.75) is 6.42 Å². The molecule has 0 fully saturated rings. The molecule has 4 nitrogen and oxygen atoms in total. The van der Waals surface area contributed by atoms with Crippen LogP contribution < -0.4 is 9.47 Å². The van der Waals surface area contributed by atoms with E-state index < -0.39 is 0 Å². The molecule has 0 aromatic heterocycles. The molecular formula is C17H17NO3. The first kappa shape index (κ1) is 14.9. The molecule has 0 saturated heterocycles. The van der Waals surface area contributed by atoms with Crippen molar-refractivity contribution in [3.05, 3.63) is 59.7 Å². The number of rotatable bonds is 7. The number of aliphatic hydroxyl groups excluding tert-OH is 1. The van der Waals surface area contributed by atoms with Gasteiger partial charge in [0.15, 0.2) is 0 Å². The molecule has 0 amide bonds. The SMILES string of the molecule is N#Cc1ccc(OCCOc2ccc(CCO)cc2)cc1. The summed E-state index contributed by atoms with van der Waals surface area (Å²) in [6, 6.07) is 16.7. The standard InChI is InChI=1S/C17H17NO3/c18-13-15-3-7-17(8-4-15)21-12-11-20-16-5-1-14(2-6-16)9-10-19/h1-8,19H,9-12H2. The Bertz CT molecular complexity index is 585. The summed E-state index contributed by atoms with van der Waals surface area (Å²) >= 11 is 0. The maximum Gasteiger partial charge on any atom is 0.122 e. The average molecular weight is 283 g/mol. The summed E-state index contributed by atoms with van der Waals surface area (Å²) < 4.78 is 11.1. The topological polar surface area (TPSA) is 62.5 Å². The predicted octanol–water partition coefficient (Wildman–Crippen LogP) is 2.55. The lowest BCUT2D eigenvalue weighted by Gasteiger charge is -2.09. The van der Waals surface area contributed by atoms with Gasteiger partial charge in [-0.15, -0.1) is 0 Å². The summed E-state index contributed by atoms with van der Waals surface area (Å²) in [4.78, 5) is 0. The van der Waals surface area contributed by atoms with Crippen LogP contribution in [0.3, 0.4) is 0 Å². The molecule has 0 atom stereocenters. The first-order valence-electron chi connectivity index (χ1n) is 6.77. The zero-order chi connectivity index (χ0) is 14.9. The van der Waals surface area contributed by atoms with Gasteiger partial charge >= 0.3 is 0 Å². The van der Waals surface area contributed by atoms with Gasteiger partial charge in [-0.05, 0) is 48.4 Å². The van der Waals surface area contributed by atoms with E-state index in [0.29, 0.717) is 25.2 Å². The Morgan fingerprint density at radius 2 is 1.38 bits per heavy atom. The van der Waals surface area contributed by atoms with Gasteiger partial charge in [0.2, 0.25) is 0 Å². The highest BCUT2D eigenvalue weighted by atomic mass is 16.5. The number of ether oxygens (including phenoxy) is 2. The minimum Gasteiger partial charge on any atom is -0.490 e. The molecule has 4 heteroatoms. The lowest BCUT2D eigenvalue weighted by molar-refractivity contribution is 0.217. The second kappa shape index (κ2) is 7.93. The van der Waals surface area contributed by atoms with Crippen LogP contribution in [0.2, 0.25) is 0 Å². The second-order valence-corrected chi connectivity index (χ2v) is 4.45. The Labute approximate surface area is 124 Å². The number of hydrogen-bond donors (Lipinski definition) is 1.